The van der Waals surface area contributed by atoms with E-state index in [-0.39, 0.29) is 16.4 Å². The van der Waals surface area contributed by atoms with Crippen LogP contribution in [0.25, 0.3) is 0 Å². The van der Waals surface area contributed by atoms with Crippen LogP contribution in [0.4, 0.5) is 10.1 Å². The van der Waals surface area contributed by atoms with Gasteiger partial charge in [0, 0.05) is 11.3 Å². The highest BCUT2D eigenvalue weighted by molar-refractivity contribution is 7.80. The van der Waals surface area contributed by atoms with Gasteiger partial charge in [0.1, 0.15) is 0 Å². The summed E-state index contributed by atoms with van der Waals surface area (Å²) in [4.78, 5) is 0.893. The van der Waals surface area contributed by atoms with Crippen LogP contribution in [0, 0.1) is 12.7 Å². The molecule has 0 spiro atoms. The van der Waals surface area contributed by atoms with Gasteiger partial charge in [0.2, 0.25) is 0 Å². The molecule has 1 aromatic rings. The van der Waals surface area contributed by atoms with E-state index in [1.165, 1.54) is 0 Å². The lowest BCUT2D eigenvalue weighted by Gasteiger charge is -2.35. The first kappa shape index (κ1) is 11.8. The molecular weight excluding hydrogens is 245 g/mol. The van der Waals surface area contributed by atoms with Crippen LogP contribution in [0.1, 0.15) is 25.0 Å². The van der Waals surface area contributed by atoms with E-state index < -0.39 is 0 Å². The standard InChI is InChI=1S/C12H13ClFNS/c1-6-4-8(13)10(14)11-7(6)5-9(16)12(2,3)15-11/h4,15H,5H2,1-3H3. The molecule has 1 heterocycles. The normalized spacial score (nSPS) is 17.9. The Kier molecular flexibility index (Phi) is 2.71. The van der Waals surface area contributed by atoms with Gasteiger partial charge in [-0.1, -0.05) is 23.8 Å². The van der Waals surface area contributed by atoms with Crippen molar-refractivity contribution in [3.8, 4) is 0 Å². The Bertz CT molecular complexity index is 482. The fraction of sp³-hybridized carbons (Fsp3) is 0.417. The van der Waals surface area contributed by atoms with Gasteiger partial charge in [-0.25, -0.2) is 4.39 Å². The van der Waals surface area contributed by atoms with Crippen LogP contribution in [0.5, 0.6) is 0 Å². The van der Waals surface area contributed by atoms with Crippen molar-refractivity contribution in [2.45, 2.75) is 32.7 Å². The van der Waals surface area contributed by atoms with Crippen LogP contribution in [-0.4, -0.2) is 10.4 Å². The molecular formula is C12H13ClFNS. The van der Waals surface area contributed by atoms with Crippen LogP contribution in [0.15, 0.2) is 6.07 Å². The highest BCUT2D eigenvalue weighted by Gasteiger charge is 2.32. The summed E-state index contributed by atoms with van der Waals surface area (Å²) in [7, 11) is 0. The number of thiocarbonyl (C=S) groups is 1. The van der Waals surface area contributed by atoms with Crippen molar-refractivity contribution in [1.29, 1.82) is 0 Å². The molecule has 1 aliphatic heterocycles. The molecule has 0 aliphatic carbocycles. The molecule has 86 valence electrons. The van der Waals surface area contributed by atoms with E-state index >= 15 is 0 Å². The highest BCUT2D eigenvalue weighted by atomic mass is 35.5. The van der Waals surface area contributed by atoms with Crippen molar-refractivity contribution >= 4 is 34.4 Å². The number of hydrogen-bond donors (Lipinski definition) is 1. The fourth-order valence-corrected chi connectivity index (χ4v) is 2.37. The monoisotopic (exact) mass is 257 g/mol. The Hall–Kier alpha value is -0.670. The lowest BCUT2D eigenvalue weighted by Crippen LogP contribution is -2.44. The average molecular weight is 258 g/mol. The van der Waals surface area contributed by atoms with Crippen molar-refractivity contribution in [1.82, 2.24) is 0 Å². The summed E-state index contributed by atoms with van der Waals surface area (Å²) in [6.45, 7) is 5.83. The van der Waals surface area contributed by atoms with Crippen molar-refractivity contribution < 1.29 is 4.39 Å². The third-order valence-electron chi connectivity index (χ3n) is 3.02. The van der Waals surface area contributed by atoms with Gasteiger partial charge in [0.15, 0.2) is 5.82 Å². The van der Waals surface area contributed by atoms with Gasteiger partial charge in [-0.05, 0) is 38.0 Å². The first-order valence-electron chi connectivity index (χ1n) is 5.12. The van der Waals surface area contributed by atoms with E-state index in [1.807, 2.05) is 20.8 Å². The molecule has 0 amide bonds. The van der Waals surface area contributed by atoms with Crippen LogP contribution < -0.4 is 5.32 Å². The van der Waals surface area contributed by atoms with E-state index in [4.69, 9.17) is 23.8 Å². The second-order valence-electron chi connectivity index (χ2n) is 4.69. The lowest BCUT2D eigenvalue weighted by atomic mass is 9.87. The second-order valence-corrected chi connectivity index (χ2v) is 5.59. The Morgan fingerprint density at radius 3 is 2.75 bits per heavy atom. The van der Waals surface area contributed by atoms with E-state index in [0.717, 1.165) is 16.0 Å². The predicted molar refractivity (Wildman–Crippen MR) is 70.2 cm³/mol. The molecule has 1 aromatic carbocycles. The molecule has 0 fully saturated rings. The zero-order chi connectivity index (χ0) is 12.1. The molecule has 1 N–H and O–H groups in total. The summed E-state index contributed by atoms with van der Waals surface area (Å²) < 4.78 is 13.9. The number of aryl methyl sites for hydroxylation is 1. The molecule has 0 aromatic heterocycles. The lowest BCUT2D eigenvalue weighted by molar-refractivity contribution is 0.617. The number of benzene rings is 1. The van der Waals surface area contributed by atoms with Crippen LogP contribution in [0.3, 0.4) is 0 Å². The molecule has 1 nitrogen and oxygen atoms in total. The second kappa shape index (κ2) is 3.67. The minimum absolute atomic E-state index is 0.160. The molecule has 1 aliphatic rings. The molecule has 0 saturated heterocycles. The Balaban J connectivity index is 2.64. The van der Waals surface area contributed by atoms with Crippen molar-refractivity contribution in [2.24, 2.45) is 0 Å². The summed E-state index contributed by atoms with van der Waals surface area (Å²) in [5.74, 6) is -0.377. The van der Waals surface area contributed by atoms with Crippen molar-refractivity contribution in [3.63, 3.8) is 0 Å². The van der Waals surface area contributed by atoms with Gasteiger partial charge >= 0.3 is 0 Å². The van der Waals surface area contributed by atoms with Gasteiger partial charge in [-0.3, -0.25) is 0 Å². The minimum Gasteiger partial charge on any atom is -0.373 e. The van der Waals surface area contributed by atoms with Gasteiger partial charge in [0.25, 0.3) is 0 Å². The van der Waals surface area contributed by atoms with Crippen LogP contribution in [-0.2, 0) is 6.42 Å². The summed E-state index contributed by atoms with van der Waals surface area (Å²) in [5.41, 5.74) is 2.04. The van der Waals surface area contributed by atoms with E-state index in [1.54, 1.807) is 6.07 Å². The summed E-state index contributed by atoms with van der Waals surface area (Å²) in [6.07, 6.45) is 0.630. The summed E-state index contributed by atoms with van der Waals surface area (Å²) >= 11 is 11.2. The Labute approximate surface area is 105 Å². The summed E-state index contributed by atoms with van der Waals surface area (Å²) in [5, 5.41) is 3.29. The summed E-state index contributed by atoms with van der Waals surface area (Å²) in [6, 6.07) is 1.65. The number of fused-ring (bicyclic) bond motifs is 1. The average Bonchev–Trinajstić information content (AvgIpc) is 2.18. The molecule has 2 rings (SSSR count). The smallest absolute Gasteiger partial charge is 0.165 e. The quantitative estimate of drug-likeness (QED) is 0.708. The minimum atomic E-state index is -0.377. The molecule has 0 atom stereocenters. The maximum atomic E-state index is 13.9. The number of nitrogens with one attached hydrogen (secondary N) is 1. The zero-order valence-electron chi connectivity index (χ0n) is 9.45. The Morgan fingerprint density at radius 2 is 2.12 bits per heavy atom. The number of halogens is 2. The third-order valence-corrected chi connectivity index (χ3v) is 3.95. The number of rotatable bonds is 0. The van der Waals surface area contributed by atoms with Crippen LogP contribution >= 0.6 is 23.8 Å². The molecule has 16 heavy (non-hydrogen) atoms. The topological polar surface area (TPSA) is 12.0 Å². The zero-order valence-corrected chi connectivity index (χ0v) is 11.0. The van der Waals surface area contributed by atoms with Gasteiger partial charge in [-0.2, -0.15) is 0 Å². The van der Waals surface area contributed by atoms with E-state index in [0.29, 0.717) is 12.1 Å². The maximum Gasteiger partial charge on any atom is 0.165 e. The van der Waals surface area contributed by atoms with E-state index in [2.05, 4.69) is 5.32 Å². The molecule has 0 saturated carbocycles. The van der Waals surface area contributed by atoms with E-state index in [9.17, 15) is 4.39 Å². The highest BCUT2D eigenvalue weighted by Crippen LogP contribution is 2.36. The number of anilines is 1. The largest absolute Gasteiger partial charge is 0.373 e. The van der Waals surface area contributed by atoms with Gasteiger partial charge in [0.05, 0.1) is 16.2 Å². The number of hydrogen-bond acceptors (Lipinski definition) is 2. The molecule has 4 heteroatoms. The van der Waals surface area contributed by atoms with Crippen molar-refractivity contribution in [3.05, 3.63) is 28.0 Å². The first-order chi connectivity index (χ1) is 7.33. The first-order valence-corrected chi connectivity index (χ1v) is 5.90. The maximum absolute atomic E-state index is 13.9. The molecule has 0 radical (unpaired) electrons. The fourth-order valence-electron chi connectivity index (χ4n) is 1.91. The van der Waals surface area contributed by atoms with Crippen molar-refractivity contribution in [2.75, 3.05) is 5.32 Å². The SMILES string of the molecule is Cc1cc(Cl)c(F)c2c1CC(=S)C(C)(C)N2. The van der Waals surface area contributed by atoms with Crippen LogP contribution in [0.2, 0.25) is 5.02 Å². The molecule has 0 unspecified atom stereocenters. The third kappa shape index (κ3) is 1.72. The Morgan fingerprint density at radius 1 is 1.50 bits per heavy atom. The predicted octanol–water partition coefficient (Wildman–Crippen LogP) is 3.90. The van der Waals surface area contributed by atoms with Gasteiger partial charge in [-0.15, -0.1) is 0 Å². The van der Waals surface area contributed by atoms with Gasteiger partial charge < -0.3 is 5.32 Å². The molecule has 0 bridgehead atoms.